The second-order valence-electron chi connectivity index (χ2n) is 4.41. The molecule has 0 bridgehead atoms. The molecule has 0 N–H and O–H groups in total. The van der Waals surface area contributed by atoms with Crippen molar-refractivity contribution >= 4 is 6.08 Å². The van der Waals surface area contributed by atoms with Crippen LogP contribution in [-0.4, -0.2) is 7.11 Å². The largest absolute Gasteiger partial charge is 0.504 e. The number of rotatable bonds is 2. The van der Waals surface area contributed by atoms with Gasteiger partial charge in [0.2, 0.25) is 0 Å². The molecule has 1 aromatic rings. The van der Waals surface area contributed by atoms with E-state index in [4.69, 9.17) is 4.74 Å². The van der Waals surface area contributed by atoms with Crippen LogP contribution in [0.15, 0.2) is 30.5 Å². The minimum Gasteiger partial charge on any atom is -0.504 e. The Hall–Kier alpha value is -1.24. The van der Waals surface area contributed by atoms with Crippen LogP contribution < -0.4 is 0 Å². The lowest BCUT2D eigenvalue weighted by Crippen LogP contribution is -2.10. The van der Waals surface area contributed by atoms with Crippen molar-refractivity contribution in [2.24, 2.45) is 0 Å². The molecule has 0 heterocycles. The van der Waals surface area contributed by atoms with Crippen molar-refractivity contribution in [1.82, 2.24) is 0 Å². The van der Waals surface area contributed by atoms with Gasteiger partial charge in [-0.25, -0.2) is 0 Å². The van der Waals surface area contributed by atoms with Crippen LogP contribution in [0.2, 0.25) is 0 Å². The van der Waals surface area contributed by atoms with Crippen molar-refractivity contribution in [3.05, 3.63) is 41.7 Å². The summed E-state index contributed by atoms with van der Waals surface area (Å²) in [5, 5.41) is 0. The second-order valence-corrected chi connectivity index (χ2v) is 4.41. The molecule has 14 heavy (non-hydrogen) atoms. The third kappa shape index (κ3) is 2.91. The number of hydrogen-bond donors (Lipinski definition) is 0. The molecular weight excluding hydrogens is 172 g/mol. The highest BCUT2D eigenvalue weighted by molar-refractivity contribution is 5.49. The summed E-state index contributed by atoms with van der Waals surface area (Å²) >= 11 is 0. The molecule has 0 saturated heterocycles. The van der Waals surface area contributed by atoms with E-state index in [1.807, 2.05) is 6.08 Å². The highest BCUT2D eigenvalue weighted by Gasteiger charge is 2.12. The van der Waals surface area contributed by atoms with Crippen LogP contribution in [0.5, 0.6) is 0 Å². The van der Waals surface area contributed by atoms with Crippen LogP contribution in [0.3, 0.4) is 0 Å². The molecule has 1 nitrogen and oxygen atoms in total. The molecule has 0 aliphatic rings. The van der Waals surface area contributed by atoms with Crippen molar-refractivity contribution in [2.75, 3.05) is 7.11 Å². The summed E-state index contributed by atoms with van der Waals surface area (Å²) in [5.41, 5.74) is 2.75. The van der Waals surface area contributed by atoms with Gasteiger partial charge in [0.1, 0.15) is 0 Å². The third-order valence-corrected chi connectivity index (χ3v) is 2.17. The highest BCUT2D eigenvalue weighted by Crippen LogP contribution is 2.22. The molecule has 76 valence electrons. The summed E-state index contributed by atoms with van der Waals surface area (Å²) in [6.45, 7) is 6.65. The van der Waals surface area contributed by atoms with Gasteiger partial charge < -0.3 is 4.74 Å². The Balaban J connectivity index is 2.84. The highest BCUT2D eigenvalue weighted by atomic mass is 16.5. The zero-order valence-corrected chi connectivity index (χ0v) is 9.37. The molecule has 0 amide bonds. The summed E-state index contributed by atoms with van der Waals surface area (Å²) in [7, 11) is 1.65. The van der Waals surface area contributed by atoms with Crippen LogP contribution in [0.1, 0.15) is 31.9 Å². The van der Waals surface area contributed by atoms with E-state index in [1.165, 1.54) is 11.1 Å². The molecule has 1 aromatic carbocycles. The van der Waals surface area contributed by atoms with Crippen molar-refractivity contribution in [2.45, 2.75) is 26.2 Å². The summed E-state index contributed by atoms with van der Waals surface area (Å²) in [4.78, 5) is 0. The van der Waals surface area contributed by atoms with E-state index >= 15 is 0 Å². The van der Waals surface area contributed by atoms with Crippen LogP contribution in [0, 0.1) is 0 Å². The first-order valence-electron chi connectivity index (χ1n) is 4.84. The Labute approximate surface area is 86.4 Å². The van der Waals surface area contributed by atoms with Gasteiger partial charge in [-0.15, -0.1) is 0 Å². The molecule has 0 aliphatic carbocycles. The lowest BCUT2D eigenvalue weighted by Gasteiger charge is -2.18. The zero-order valence-electron chi connectivity index (χ0n) is 9.37. The van der Waals surface area contributed by atoms with E-state index in [9.17, 15) is 0 Å². The van der Waals surface area contributed by atoms with Gasteiger partial charge >= 0.3 is 0 Å². The van der Waals surface area contributed by atoms with E-state index in [0.29, 0.717) is 0 Å². The van der Waals surface area contributed by atoms with E-state index in [0.717, 1.165) is 0 Å². The predicted octanol–water partition coefficient (Wildman–Crippen LogP) is 3.60. The minimum absolute atomic E-state index is 0.226. The predicted molar refractivity (Wildman–Crippen MR) is 61.2 cm³/mol. The maximum absolute atomic E-state index is 4.86. The van der Waals surface area contributed by atoms with Gasteiger partial charge in [-0.1, -0.05) is 45.0 Å². The molecule has 0 saturated carbocycles. The van der Waals surface area contributed by atoms with Crippen molar-refractivity contribution in [3.63, 3.8) is 0 Å². The smallest absolute Gasteiger partial charge is 0.0830 e. The van der Waals surface area contributed by atoms with Gasteiger partial charge in [-0.05, 0) is 22.6 Å². The van der Waals surface area contributed by atoms with E-state index < -0.39 is 0 Å². The van der Waals surface area contributed by atoms with Crippen LogP contribution in [0.4, 0.5) is 0 Å². The molecule has 0 atom stereocenters. The van der Waals surface area contributed by atoms with Crippen molar-refractivity contribution in [1.29, 1.82) is 0 Å². The average Bonchev–Trinajstić information content (AvgIpc) is 2.14. The first-order valence-corrected chi connectivity index (χ1v) is 4.84. The van der Waals surface area contributed by atoms with Gasteiger partial charge in [0.05, 0.1) is 13.4 Å². The molecule has 0 aromatic heterocycles. The SMILES string of the molecule is COC=Cc1ccc(C(C)(C)C)cc1. The second kappa shape index (κ2) is 4.32. The summed E-state index contributed by atoms with van der Waals surface area (Å²) in [6.07, 6.45) is 3.64. The maximum atomic E-state index is 4.86. The maximum Gasteiger partial charge on any atom is 0.0830 e. The molecular formula is C13H18O. The number of hydrogen-bond acceptors (Lipinski definition) is 1. The first-order chi connectivity index (χ1) is 6.54. The fourth-order valence-electron chi connectivity index (χ4n) is 1.24. The van der Waals surface area contributed by atoms with Gasteiger partial charge in [-0.2, -0.15) is 0 Å². The topological polar surface area (TPSA) is 9.23 Å². The fraction of sp³-hybridized carbons (Fsp3) is 0.385. The molecule has 0 spiro atoms. The normalized spacial score (nSPS) is 12.0. The summed E-state index contributed by atoms with van der Waals surface area (Å²) < 4.78 is 4.86. The lowest BCUT2D eigenvalue weighted by molar-refractivity contribution is 0.341. The minimum atomic E-state index is 0.226. The zero-order chi connectivity index (χ0) is 10.6. The average molecular weight is 190 g/mol. The molecule has 0 fully saturated rings. The molecule has 0 unspecified atom stereocenters. The van der Waals surface area contributed by atoms with Crippen molar-refractivity contribution in [3.8, 4) is 0 Å². The molecule has 0 radical (unpaired) electrons. The summed E-state index contributed by atoms with van der Waals surface area (Å²) in [5.74, 6) is 0. The Kier molecular flexibility index (Phi) is 3.34. The van der Waals surface area contributed by atoms with Crippen molar-refractivity contribution < 1.29 is 4.74 Å². The van der Waals surface area contributed by atoms with E-state index in [1.54, 1.807) is 13.4 Å². The first kappa shape index (κ1) is 10.8. The van der Waals surface area contributed by atoms with Gasteiger partial charge in [0.25, 0.3) is 0 Å². The molecule has 1 rings (SSSR count). The molecule has 0 aliphatic heterocycles. The van der Waals surface area contributed by atoms with Gasteiger partial charge in [-0.3, -0.25) is 0 Å². The van der Waals surface area contributed by atoms with Gasteiger partial charge in [0.15, 0.2) is 0 Å². The molecule has 1 heteroatoms. The van der Waals surface area contributed by atoms with E-state index in [2.05, 4.69) is 45.0 Å². The lowest BCUT2D eigenvalue weighted by atomic mass is 9.87. The Morgan fingerprint density at radius 1 is 1.07 bits per heavy atom. The quantitative estimate of drug-likeness (QED) is 0.647. The Morgan fingerprint density at radius 3 is 2.07 bits per heavy atom. The van der Waals surface area contributed by atoms with E-state index in [-0.39, 0.29) is 5.41 Å². The number of methoxy groups -OCH3 is 1. The van der Waals surface area contributed by atoms with Gasteiger partial charge in [0, 0.05) is 0 Å². The standard InChI is InChI=1S/C13H18O/c1-13(2,3)12-7-5-11(6-8-12)9-10-14-4/h5-10H,1-4H3. The Bertz CT molecular complexity index is 301. The monoisotopic (exact) mass is 190 g/mol. The van der Waals surface area contributed by atoms with Crippen LogP contribution in [-0.2, 0) is 10.2 Å². The summed E-state index contributed by atoms with van der Waals surface area (Å²) in [6, 6.07) is 8.54. The number of ether oxygens (including phenoxy) is 1. The fourth-order valence-corrected chi connectivity index (χ4v) is 1.24. The third-order valence-electron chi connectivity index (χ3n) is 2.17. The van der Waals surface area contributed by atoms with Crippen LogP contribution >= 0.6 is 0 Å². The number of benzene rings is 1. The van der Waals surface area contributed by atoms with Crippen LogP contribution in [0.25, 0.3) is 6.08 Å². The Morgan fingerprint density at radius 2 is 1.64 bits per heavy atom.